The van der Waals surface area contributed by atoms with Gasteiger partial charge in [0.15, 0.2) is 0 Å². The van der Waals surface area contributed by atoms with Crippen molar-refractivity contribution in [3.8, 4) is 0 Å². The zero-order chi connectivity index (χ0) is 9.82. The van der Waals surface area contributed by atoms with Gasteiger partial charge in [0.25, 0.3) is 0 Å². The number of unbranched alkanes of at least 4 members (excludes halogenated alkanes) is 2. The summed E-state index contributed by atoms with van der Waals surface area (Å²) in [6.45, 7) is 1.44. The number of halogens is 1. The molecule has 0 amide bonds. The second-order valence-corrected chi connectivity index (χ2v) is 2.79. The van der Waals surface area contributed by atoms with Crippen molar-refractivity contribution < 1.29 is 15.3 Å². The van der Waals surface area contributed by atoms with Gasteiger partial charge in [-0.3, -0.25) is 0 Å². The predicted molar refractivity (Wildman–Crippen MR) is 50.4 cm³/mol. The van der Waals surface area contributed by atoms with Gasteiger partial charge in [-0.25, -0.2) is 0 Å². The molecule has 4 heteroatoms. The first kappa shape index (κ1) is 14.7. The lowest BCUT2D eigenvalue weighted by atomic mass is 10.3. The maximum Gasteiger partial charge on any atom is 0.100 e. The molecule has 0 aromatic rings. The Labute approximate surface area is 79.0 Å². The highest BCUT2D eigenvalue weighted by Crippen LogP contribution is 1.93. The monoisotopic (exact) mass is 198 g/mol. The SMILES string of the molecule is CCCCCCl.OCC(O)CO. The fraction of sp³-hybridized carbons (Fsp3) is 1.00. The maximum atomic E-state index is 8.17. The lowest BCUT2D eigenvalue weighted by Crippen LogP contribution is -2.15. The second kappa shape index (κ2) is 13.7. The second-order valence-electron chi connectivity index (χ2n) is 2.42. The van der Waals surface area contributed by atoms with Gasteiger partial charge >= 0.3 is 0 Å². The molecule has 0 rings (SSSR count). The van der Waals surface area contributed by atoms with Crippen LogP contribution in [0.15, 0.2) is 0 Å². The third-order valence-corrected chi connectivity index (χ3v) is 1.43. The van der Waals surface area contributed by atoms with Gasteiger partial charge in [0.2, 0.25) is 0 Å². The lowest BCUT2D eigenvalue weighted by Gasteiger charge is -1.96. The first-order valence-corrected chi connectivity index (χ1v) is 4.72. The smallest absolute Gasteiger partial charge is 0.100 e. The van der Waals surface area contributed by atoms with Gasteiger partial charge in [0.1, 0.15) is 6.10 Å². The average molecular weight is 199 g/mol. The third-order valence-electron chi connectivity index (χ3n) is 1.16. The molecule has 0 spiro atoms. The maximum absolute atomic E-state index is 8.17. The van der Waals surface area contributed by atoms with Crippen LogP contribution in [0.25, 0.3) is 0 Å². The molecule has 3 nitrogen and oxygen atoms in total. The van der Waals surface area contributed by atoms with Crippen LogP contribution < -0.4 is 0 Å². The van der Waals surface area contributed by atoms with Gasteiger partial charge in [-0.05, 0) is 6.42 Å². The van der Waals surface area contributed by atoms with E-state index >= 15 is 0 Å². The Balaban J connectivity index is 0. The van der Waals surface area contributed by atoms with Crippen molar-refractivity contribution in [3.05, 3.63) is 0 Å². The summed E-state index contributed by atoms with van der Waals surface area (Å²) in [5.74, 6) is 0.827. The molecular weight excluding hydrogens is 180 g/mol. The fourth-order valence-corrected chi connectivity index (χ4v) is 0.591. The first-order chi connectivity index (χ1) is 5.72. The van der Waals surface area contributed by atoms with Gasteiger partial charge in [0.05, 0.1) is 13.2 Å². The topological polar surface area (TPSA) is 60.7 Å². The minimum absolute atomic E-state index is 0.365. The van der Waals surface area contributed by atoms with E-state index in [4.69, 9.17) is 26.9 Å². The molecule has 0 atom stereocenters. The van der Waals surface area contributed by atoms with Crippen molar-refractivity contribution in [1.29, 1.82) is 0 Å². The number of aliphatic hydroxyl groups is 3. The third kappa shape index (κ3) is 16.6. The Hall–Kier alpha value is 0.170. The van der Waals surface area contributed by atoms with Crippen molar-refractivity contribution in [2.24, 2.45) is 0 Å². The van der Waals surface area contributed by atoms with Crippen LogP contribution in [0.3, 0.4) is 0 Å². The van der Waals surface area contributed by atoms with Crippen LogP contribution in [0, 0.1) is 0 Å². The van der Waals surface area contributed by atoms with E-state index in [9.17, 15) is 0 Å². The fourth-order valence-electron chi connectivity index (χ4n) is 0.402. The normalized spacial score (nSPS) is 9.50. The largest absolute Gasteiger partial charge is 0.394 e. The summed E-state index contributed by atoms with van der Waals surface area (Å²) in [4.78, 5) is 0. The zero-order valence-electron chi connectivity index (χ0n) is 7.54. The van der Waals surface area contributed by atoms with Crippen LogP contribution in [-0.4, -0.2) is 40.5 Å². The Kier molecular flexibility index (Phi) is 16.8. The Bertz CT molecular complexity index is 63.3. The van der Waals surface area contributed by atoms with E-state index in [2.05, 4.69) is 6.92 Å². The molecule has 0 aromatic heterocycles. The van der Waals surface area contributed by atoms with Crippen LogP contribution in [-0.2, 0) is 0 Å². The van der Waals surface area contributed by atoms with Crippen LogP contribution in [0.5, 0.6) is 0 Å². The molecule has 0 radical (unpaired) electrons. The summed E-state index contributed by atoms with van der Waals surface area (Å²) in [5.41, 5.74) is 0. The van der Waals surface area contributed by atoms with Gasteiger partial charge in [-0.1, -0.05) is 19.8 Å². The van der Waals surface area contributed by atoms with Gasteiger partial charge in [-0.2, -0.15) is 0 Å². The highest BCUT2D eigenvalue weighted by molar-refractivity contribution is 6.17. The van der Waals surface area contributed by atoms with Gasteiger partial charge in [0, 0.05) is 5.88 Å². The molecule has 0 fully saturated rings. The summed E-state index contributed by atoms with van der Waals surface area (Å²) in [7, 11) is 0. The number of hydrogen-bond donors (Lipinski definition) is 3. The van der Waals surface area contributed by atoms with Crippen molar-refractivity contribution >= 4 is 11.6 Å². The molecule has 0 aliphatic carbocycles. The summed E-state index contributed by atoms with van der Waals surface area (Å²) in [6, 6.07) is 0. The molecule has 0 unspecified atom stereocenters. The van der Waals surface area contributed by atoms with Crippen LogP contribution in [0.2, 0.25) is 0 Å². The molecule has 0 aliphatic rings. The lowest BCUT2D eigenvalue weighted by molar-refractivity contribution is 0.0450. The van der Waals surface area contributed by atoms with Crippen LogP contribution in [0.1, 0.15) is 26.2 Å². The molecule has 0 bridgehead atoms. The Morgan fingerprint density at radius 3 is 1.75 bits per heavy atom. The summed E-state index contributed by atoms with van der Waals surface area (Å²) >= 11 is 5.38. The van der Waals surface area contributed by atoms with Crippen molar-refractivity contribution in [1.82, 2.24) is 0 Å². The Morgan fingerprint density at radius 2 is 1.67 bits per heavy atom. The van der Waals surface area contributed by atoms with Crippen molar-refractivity contribution in [3.63, 3.8) is 0 Å². The molecule has 0 heterocycles. The molecule has 76 valence electrons. The molecule has 0 aromatic carbocycles. The van der Waals surface area contributed by atoms with Gasteiger partial charge in [-0.15, -0.1) is 11.6 Å². The summed E-state index contributed by atoms with van der Waals surface area (Å²) < 4.78 is 0. The molecule has 0 saturated heterocycles. The predicted octanol–water partition coefficient (Wildman–Crippen LogP) is 0.747. The van der Waals surface area contributed by atoms with E-state index in [1.165, 1.54) is 19.3 Å². The standard InChI is InChI=1S/C5H11Cl.C3H8O3/c1-2-3-4-5-6;4-1-3(6)2-5/h2-5H2,1H3;3-6H,1-2H2. The van der Waals surface area contributed by atoms with Crippen molar-refractivity contribution in [2.75, 3.05) is 19.1 Å². The van der Waals surface area contributed by atoms with E-state index in [1.807, 2.05) is 0 Å². The summed E-state index contributed by atoms with van der Waals surface area (Å²) in [6.07, 6.45) is 2.78. The minimum atomic E-state index is -0.954. The molecule has 0 aliphatic heterocycles. The van der Waals surface area contributed by atoms with E-state index in [0.717, 1.165) is 5.88 Å². The quantitative estimate of drug-likeness (QED) is 0.451. The number of rotatable bonds is 5. The van der Waals surface area contributed by atoms with E-state index in [1.54, 1.807) is 0 Å². The molecular formula is C8H19ClO3. The van der Waals surface area contributed by atoms with Crippen LogP contribution in [0.4, 0.5) is 0 Å². The van der Waals surface area contributed by atoms with E-state index < -0.39 is 6.10 Å². The molecule has 0 saturated carbocycles. The summed E-state index contributed by atoms with van der Waals surface area (Å²) in [5, 5.41) is 24.0. The van der Waals surface area contributed by atoms with Crippen LogP contribution >= 0.6 is 11.6 Å². The highest BCUT2D eigenvalue weighted by Gasteiger charge is 1.93. The number of hydrogen-bond acceptors (Lipinski definition) is 3. The highest BCUT2D eigenvalue weighted by atomic mass is 35.5. The molecule has 3 N–H and O–H groups in total. The zero-order valence-corrected chi connectivity index (χ0v) is 8.30. The molecule has 12 heavy (non-hydrogen) atoms. The van der Waals surface area contributed by atoms with E-state index in [-0.39, 0.29) is 13.2 Å². The van der Waals surface area contributed by atoms with E-state index in [0.29, 0.717) is 0 Å². The average Bonchev–Trinajstić information content (AvgIpc) is 2.14. The number of aliphatic hydroxyl groups excluding tert-OH is 3. The van der Waals surface area contributed by atoms with Crippen molar-refractivity contribution in [2.45, 2.75) is 32.3 Å². The number of alkyl halides is 1. The van der Waals surface area contributed by atoms with Gasteiger partial charge < -0.3 is 15.3 Å². The first-order valence-electron chi connectivity index (χ1n) is 4.18. The minimum Gasteiger partial charge on any atom is -0.394 e. The Morgan fingerprint density at radius 1 is 1.17 bits per heavy atom.